The van der Waals surface area contributed by atoms with E-state index in [0.717, 1.165) is 23.9 Å². The Hall–Kier alpha value is -3.08. The number of rotatable bonds is 5. The van der Waals surface area contributed by atoms with Gasteiger partial charge in [0.25, 0.3) is 15.9 Å². The SMILES string of the molecule is NS(=O)(=O)c1cc(Nc2cc(F)ccc2Cl)c(C(=O)N2CCC(c3ccc(F)cc3)CC2)cn1. The van der Waals surface area contributed by atoms with Crippen molar-refractivity contribution >= 4 is 38.9 Å². The number of pyridine rings is 1. The number of carbonyl (C=O) groups is 1. The lowest BCUT2D eigenvalue weighted by atomic mass is 9.89. The highest BCUT2D eigenvalue weighted by Gasteiger charge is 2.27. The van der Waals surface area contributed by atoms with Crippen LogP contribution >= 0.6 is 11.6 Å². The number of piperidine rings is 1. The van der Waals surface area contributed by atoms with E-state index in [0.29, 0.717) is 25.9 Å². The summed E-state index contributed by atoms with van der Waals surface area (Å²) in [5, 5.41) is 7.76. The van der Waals surface area contributed by atoms with E-state index < -0.39 is 20.9 Å². The first-order valence-electron chi connectivity index (χ1n) is 10.4. The summed E-state index contributed by atoms with van der Waals surface area (Å²) in [6, 6.07) is 11.1. The maximum absolute atomic E-state index is 13.7. The van der Waals surface area contributed by atoms with Crippen molar-refractivity contribution in [3.63, 3.8) is 0 Å². The van der Waals surface area contributed by atoms with Gasteiger partial charge in [-0.05, 0) is 54.7 Å². The molecule has 4 rings (SSSR count). The molecule has 0 spiro atoms. The Balaban J connectivity index is 1.59. The van der Waals surface area contributed by atoms with Crippen LogP contribution < -0.4 is 10.5 Å². The van der Waals surface area contributed by atoms with Crippen LogP contribution in [0.2, 0.25) is 5.02 Å². The average Bonchev–Trinajstić information content (AvgIpc) is 2.81. The van der Waals surface area contributed by atoms with Gasteiger partial charge in [0.1, 0.15) is 11.6 Å². The minimum atomic E-state index is -4.15. The molecule has 1 aliphatic heterocycles. The highest BCUT2D eigenvalue weighted by molar-refractivity contribution is 7.89. The molecule has 1 saturated heterocycles. The predicted molar refractivity (Wildman–Crippen MR) is 125 cm³/mol. The maximum Gasteiger partial charge on any atom is 0.257 e. The number of amides is 1. The van der Waals surface area contributed by atoms with Crippen LogP contribution in [0.4, 0.5) is 20.2 Å². The number of primary sulfonamides is 1. The Morgan fingerprint density at radius 1 is 1.03 bits per heavy atom. The fourth-order valence-electron chi connectivity index (χ4n) is 3.93. The Morgan fingerprint density at radius 2 is 1.68 bits per heavy atom. The van der Waals surface area contributed by atoms with Crippen LogP contribution in [0, 0.1) is 11.6 Å². The summed E-state index contributed by atoms with van der Waals surface area (Å²) in [5.41, 5.74) is 1.33. The Bertz CT molecular complexity index is 1330. The number of nitrogens with two attached hydrogens (primary N) is 1. The van der Waals surface area contributed by atoms with Gasteiger partial charge in [-0.15, -0.1) is 0 Å². The minimum Gasteiger partial charge on any atom is -0.353 e. The van der Waals surface area contributed by atoms with Crippen LogP contribution in [0.15, 0.2) is 59.8 Å². The third-order valence-corrected chi connectivity index (χ3v) is 6.86. The van der Waals surface area contributed by atoms with Crippen molar-refractivity contribution in [2.75, 3.05) is 18.4 Å². The molecule has 3 N–H and O–H groups in total. The second-order valence-corrected chi connectivity index (χ2v) is 9.90. The number of sulfonamides is 1. The lowest BCUT2D eigenvalue weighted by Crippen LogP contribution is -2.38. The van der Waals surface area contributed by atoms with Crippen molar-refractivity contribution in [1.29, 1.82) is 0 Å². The summed E-state index contributed by atoms with van der Waals surface area (Å²) < 4.78 is 50.6. The van der Waals surface area contributed by atoms with Crippen molar-refractivity contribution in [3.8, 4) is 0 Å². The van der Waals surface area contributed by atoms with E-state index in [1.54, 1.807) is 17.0 Å². The molecule has 2 heterocycles. The second-order valence-electron chi connectivity index (χ2n) is 7.98. The first kappa shape index (κ1) is 24.1. The van der Waals surface area contributed by atoms with Crippen LogP contribution in [0.25, 0.3) is 0 Å². The van der Waals surface area contributed by atoms with E-state index in [9.17, 15) is 22.0 Å². The van der Waals surface area contributed by atoms with Gasteiger partial charge in [0.05, 0.1) is 22.0 Å². The number of halogens is 3. The van der Waals surface area contributed by atoms with Gasteiger partial charge in [0.15, 0.2) is 5.03 Å². The number of carbonyl (C=O) groups excluding carboxylic acids is 1. The monoisotopic (exact) mass is 506 g/mol. The van der Waals surface area contributed by atoms with Gasteiger partial charge in [0, 0.05) is 25.4 Å². The molecule has 7 nitrogen and oxygen atoms in total. The van der Waals surface area contributed by atoms with E-state index in [4.69, 9.17) is 16.7 Å². The lowest BCUT2D eigenvalue weighted by Gasteiger charge is -2.32. The topological polar surface area (TPSA) is 105 Å². The minimum absolute atomic E-state index is 0.0807. The average molecular weight is 507 g/mol. The molecule has 0 radical (unpaired) electrons. The molecular weight excluding hydrogens is 486 g/mol. The van der Waals surface area contributed by atoms with Crippen molar-refractivity contribution in [2.24, 2.45) is 5.14 Å². The van der Waals surface area contributed by atoms with Gasteiger partial charge in [0.2, 0.25) is 0 Å². The Kier molecular flexibility index (Phi) is 6.83. The number of hydrogen-bond acceptors (Lipinski definition) is 5. The standard InChI is InChI=1S/C23H21ClF2N4O3S/c24-19-6-5-17(26)11-21(19)29-20-12-22(34(27,32)33)28-13-18(20)23(31)30-9-7-15(8-10-30)14-1-3-16(25)4-2-14/h1-6,11-13,15H,7-10H2,(H,28,29)(H2,27,32,33). The summed E-state index contributed by atoms with van der Waals surface area (Å²) in [4.78, 5) is 18.8. The maximum atomic E-state index is 13.7. The van der Waals surface area contributed by atoms with E-state index in [2.05, 4.69) is 10.3 Å². The van der Waals surface area contributed by atoms with E-state index in [1.807, 2.05) is 0 Å². The number of nitrogens with zero attached hydrogens (tertiary/aromatic N) is 2. The molecule has 0 unspecified atom stereocenters. The van der Waals surface area contributed by atoms with Crippen molar-refractivity contribution in [1.82, 2.24) is 9.88 Å². The number of aromatic nitrogens is 1. The quantitative estimate of drug-likeness (QED) is 0.532. The first-order valence-corrected chi connectivity index (χ1v) is 12.3. The number of anilines is 2. The highest BCUT2D eigenvalue weighted by Crippen LogP contribution is 2.32. The van der Waals surface area contributed by atoms with Gasteiger partial charge in [-0.3, -0.25) is 4.79 Å². The number of hydrogen-bond donors (Lipinski definition) is 2. The molecule has 11 heteroatoms. The van der Waals surface area contributed by atoms with E-state index in [-0.39, 0.29) is 39.6 Å². The second kappa shape index (κ2) is 9.65. The first-order chi connectivity index (χ1) is 16.1. The van der Waals surface area contributed by atoms with Gasteiger partial charge >= 0.3 is 0 Å². The summed E-state index contributed by atoms with van der Waals surface area (Å²) in [6.45, 7) is 0.885. The predicted octanol–water partition coefficient (Wildman–Crippen LogP) is 4.42. The normalized spacial score (nSPS) is 14.8. The highest BCUT2D eigenvalue weighted by atomic mass is 35.5. The molecule has 0 atom stereocenters. The van der Waals surface area contributed by atoms with Gasteiger partial charge in [-0.25, -0.2) is 27.3 Å². The lowest BCUT2D eigenvalue weighted by molar-refractivity contribution is 0.0713. The molecule has 1 aliphatic rings. The van der Waals surface area contributed by atoms with Crippen LogP contribution in [-0.4, -0.2) is 37.3 Å². The molecule has 0 saturated carbocycles. The van der Waals surface area contributed by atoms with Gasteiger partial charge in [-0.2, -0.15) is 0 Å². The fourth-order valence-corrected chi connectivity index (χ4v) is 4.57. The van der Waals surface area contributed by atoms with Gasteiger partial charge in [-0.1, -0.05) is 23.7 Å². The Labute approximate surface area is 200 Å². The van der Waals surface area contributed by atoms with Crippen LogP contribution in [-0.2, 0) is 10.0 Å². The van der Waals surface area contributed by atoms with Crippen molar-refractivity contribution < 1.29 is 22.0 Å². The molecule has 1 amide bonds. The molecular formula is C23H21ClF2N4O3S. The summed E-state index contributed by atoms with van der Waals surface area (Å²) in [7, 11) is -4.15. The molecule has 34 heavy (non-hydrogen) atoms. The third kappa shape index (κ3) is 5.35. The van der Waals surface area contributed by atoms with Crippen LogP contribution in [0.5, 0.6) is 0 Å². The molecule has 178 valence electrons. The van der Waals surface area contributed by atoms with E-state index >= 15 is 0 Å². The molecule has 1 fully saturated rings. The van der Waals surface area contributed by atoms with Crippen molar-refractivity contribution in [2.45, 2.75) is 23.8 Å². The zero-order valence-corrected chi connectivity index (χ0v) is 19.4. The third-order valence-electron chi connectivity index (χ3n) is 5.72. The number of likely N-dealkylation sites (tertiary alicyclic amines) is 1. The zero-order chi connectivity index (χ0) is 24.5. The summed E-state index contributed by atoms with van der Waals surface area (Å²) in [6.07, 6.45) is 2.49. The molecule has 1 aromatic heterocycles. The Morgan fingerprint density at radius 3 is 2.32 bits per heavy atom. The van der Waals surface area contributed by atoms with Crippen LogP contribution in [0.3, 0.4) is 0 Å². The fraction of sp³-hybridized carbons (Fsp3) is 0.217. The summed E-state index contributed by atoms with van der Waals surface area (Å²) in [5.74, 6) is -1.05. The number of benzene rings is 2. The summed E-state index contributed by atoms with van der Waals surface area (Å²) >= 11 is 6.13. The van der Waals surface area contributed by atoms with E-state index in [1.165, 1.54) is 24.3 Å². The largest absolute Gasteiger partial charge is 0.353 e. The smallest absolute Gasteiger partial charge is 0.257 e. The van der Waals surface area contributed by atoms with Crippen LogP contribution in [0.1, 0.15) is 34.7 Å². The molecule has 0 aliphatic carbocycles. The number of nitrogens with one attached hydrogen (secondary N) is 1. The van der Waals surface area contributed by atoms with Crippen molar-refractivity contribution in [3.05, 3.63) is 82.5 Å². The molecule has 2 aromatic carbocycles. The zero-order valence-electron chi connectivity index (χ0n) is 17.8. The molecule has 0 bridgehead atoms. The van der Waals surface area contributed by atoms with Gasteiger partial charge < -0.3 is 10.2 Å². The molecule has 3 aromatic rings.